The minimum Gasteiger partial charge on any atom is -0.290 e. The first-order valence-corrected chi connectivity index (χ1v) is 8.93. The molecule has 3 aromatic rings. The standard InChI is InChI=1S/C20H21N5O/c1-24-14-22-19(23-24)15-9-11-16(12-10-15)20(26)25(17-6-2-3-7-17)18-8-4-5-13-21-18/h4-5,8-14,17H,2-3,6-7H2,1H3. The van der Waals surface area contributed by atoms with Crippen molar-refractivity contribution in [2.45, 2.75) is 31.7 Å². The van der Waals surface area contributed by atoms with Crippen LogP contribution in [0.1, 0.15) is 36.0 Å². The molecule has 0 radical (unpaired) electrons. The fraction of sp³-hybridized carbons (Fsp3) is 0.300. The van der Waals surface area contributed by atoms with E-state index in [1.165, 1.54) is 0 Å². The smallest absolute Gasteiger partial charge is 0.259 e. The highest BCUT2D eigenvalue weighted by Crippen LogP contribution is 2.29. The third-order valence-corrected chi connectivity index (χ3v) is 4.79. The van der Waals surface area contributed by atoms with E-state index in [4.69, 9.17) is 0 Å². The summed E-state index contributed by atoms with van der Waals surface area (Å²) in [6, 6.07) is 13.4. The molecule has 1 fully saturated rings. The minimum atomic E-state index is -0.00358. The van der Waals surface area contributed by atoms with Crippen LogP contribution in [0.5, 0.6) is 0 Å². The first-order valence-electron chi connectivity index (χ1n) is 8.93. The van der Waals surface area contributed by atoms with Gasteiger partial charge in [0, 0.05) is 30.4 Å². The molecule has 1 saturated carbocycles. The van der Waals surface area contributed by atoms with Crippen molar-refractivity contribution in [1.82, 2.24) is 19.7 Å². The molecule has 0 saturated heterocycles. The maximum absolute atomic E-state index is 13.2. The summed E-state index contributed by atoms with van der Waals surface area (Å²) in [7, 11) is 1.83. The summed E-state index contributed by atoms with van der Waals surface area (Å²) in [6.07, 6.45) is 7.77. The Balaban J connectivity index is 1.63. The van der Waals surface area contributed by atoms with Gasteiger partial charge in [-0.25, -0.2) is 9.97 Å². The molecule has 0 spiro atoms. The van der Waals surface area contributed by atoms with Gasteiger partial charge in [-0.2, -0.15) is 5.10 Å². The van der Waals surface area contributed by atoms with E-state index in [1.807, 2.05) is 54.4 Å². The van der Waals surface area contributed by atoms with E-state index >= 15 is 0 Å². The normalized spacial score (nSPS) is 14.5. The predicted molar refractivity (Wildman–Crippen MR) is 99.7 cm³/mol. The maximum atomic E-state index is 13.2. The number of anilines is 1. The van der Waals surface area contributed by atoms with Crippen molar-refractivity contribution in [3.8, 4) is 11.4 Å². The summed E-state index contributed by atoms with van der Waals surface area (Å²) < 4.78 is 1.66. The summed E-state index contributed by atoms with van der Waals surface area (Å²) in [5.74, 6) is 1.37. The zero-order valence-electron chi connectivity index (χ0n) is 14.7. The molecule has 1 aliphatic carbocycles. The van der Waals surface area contributed by atoms with Crippen molar-refractivity contribution in [1.29, 1.82) is 0 Å². The van der Waals surface area contributed by atoms with Crippen LogP contribution in [0.4, 0.5) is 5.82 Å². The van der Waals surface area contributed by atoms with Gasteiger partial charge in [-0.1, -0.05) is 31.0 Å². The number of nitrogens with zero attached hydrogens (tertiary/aromatic N) is 5. The van der Waals surface area contributed by atoms with Crippen molar-refractivity contribution >= 4 is 11.7 Å². The van der Waals surface area contributed by atoms with Crippen LogP contribution in [0.15, 0.2) is 55.0 Å². The molecule has 6 nitrogen and oxygen atoms in total. The molecule has 26 heavy (non-hydrogen) atoms. The summed E-state index contributed by atoms with van der Waals surface area (Å²) in [5.41, 5.74) is 1.55. The van der Waals surface area contributed by atoms with Gasteiger partial charge in [0.05, 0.1) is 0 Å². The fourth-order valence-corrected chi connectivity index (χ4v) is 3.49. The van der Waals surface area contributed by atoms with E-state index in [-0.39, 0.29) is 11.9 Å². The number of pyridine rings is 1. The quantitative estimate of drug-likeness (QED) is 0.725. The Kier molecular flexibility index (Phi) is 4.48. The molecule has 1 amide bonds. The second-order valence-electron chi connectivity index (χ2n) is 6.62. The zero-order chi connectivity index (χ0) is 17.9. The number of benzene rings is 1. The van der Waals surface area contributed by atoms with Gasteiger partial charge in [-0.05, 0) is 37.1 Å². The molecule has 2 heterocycles. The van der Waals surface area contributed by atoms with Crippen molar-refractivity contribution in [2.75, 3.05) is 4.90 Å². The van der Waals surface area contributed by atoms with Crippen LogP contribution < -0.4 is 4.90 Å². The summed E-state index contributed by atoms with van der Waals surface area (Å²) in [5, 5.41) is 4.30. The molecule has 0 N–H and O–H groups in total. The monoisotopic (exact) mass is 347 g/mol. The van der Waals surface area contributed by atoms with Gasteiger partial charge < -0.3 is 0 Å². The number of carbonyl (C=O) groups is 1. The zero-order valence-corrected chi connectivity index (χ0v) is 14.7. The third-order valence-electron chi connectivity index (χ3n) is 4.79. The molecule has 1 aromatic carbocycles. The number of hydrogen-bond acceptors (Lipinski definition) is 4. The second kappa shape index (κ2) is 7.07. The Morgan fingerprint density at radius 1 is 1.08 bits per heavy atom. The van der Waals surface area contributed by atoms with Crippen molar-refractivity contribution in [3.05, 3.63) is 60.6 Å². The summed E-state index contributed by atoms with van der Waals surface area (Å²) in [6.45, 7) is 0. The Morgan fingerprint density at radius 2 is 1.85 bits per heavy atom. The van der Waals surface area contributed by atoms with Crippen LogP contribution in [0.2, 0.25) is 0 Å². The molecule has 0 atom stereocenters. The van der Waals surface area contributed by atoms with Crippen LogP contribution in [0.3, 0.4) is 0 Å². The largest absolute Gasteiger partial charge is 0.290 e. The number of hydrogen-bond donors (Lipinski definition) is 0. The van der Waals surface area contributed by atoms with Crippen molar-refractivity contribution < 1.29 is 4.79 Å². The summed E-state index contributed by atoms with van der Waals surface area (Å²) >= 11 is 0. The molecule has 6 heteroatoms. The van der Waals surface area contributed by atoms with Crippen LogP contribution in [-0.2, 0) is 7.05 Å². The van der Waals surface area contributed by atoms with Gasteiger partial charge in [0.1, 0.15) is 12.1 Å². The van der Waals surface area contributed by atoms with Gasteiger partial charge in [-0.3, -0.25) is 14.4 Å². The van der Waals surface area contributed by atoms with E-state index < -0.39 is 0 Å². The number of carbonyl (C=O) groups excluding carboxylic acids is 1. The van der Waals surface area contributed by atoms with E-state index in [0.29, 0.717) is 11.4 Å². The molecule has 0 unspecified atom stereocenters. The number of aryl methyl sites for hydroxylation is 1. The third kappa shape index (κ3) is 3.22. The van der Waals surface area contributed by atoms with Crippen LogP contribution >= 0.6 is 0 Å². The first kappa shape index (κ1) is 16.4. The second-order valence-corrected chi connectivity index (χ2v) is 6.62. The molecule has 0 bridgehead atoms. The number of aromatic nitrogens is 4. The van der Waals surface area contributed by atoms with Crippen LogP contribution in [-0.4, -0.2) is 31.7 Å². The van der Waals surface area contributed by atoms with E-state index in [2.05, 4.69) is 15.1 Å². The highest BCUT2D eigenvalue weighted by molar-refractivity contribution is 6.06. The Morgan fingerprint density at radius 3 is 2.46 bits per heavy atom. The van der Waals surface area contributed by atoms with Gasteiger partial charge in [0.2, 0.25) is 0 Å². The average Bonchev–Trinajstić information content (AvgIpc) is 3.35. The number of amides is 1. The molecule has 2 aromatic heterocycles. The highest BCUT2D eigenvalue weighted by atomic mass is 16.2. The molecular formula is C20H21N5O. The lowest BCUT2D eigenvalue weighted by molar-refractivity contribution is 0.0976. The van der Waals surface area contributed by atoms with E-state index in [0.717, 1.165) is 37.1 Å². The highest BCUT2D eigenvalue weighted by Gasteiger charge is 2.29. The molecule has 4 rings (SSSR count). The van der Waals surface area contributed by atoms with E-state index in [9.17, 15) is 4.79 Å². The maximum Gasteiger partial charge on any atom is 0.259 e. The van der Waals surface area contributed by atoms with Crippen LogP contribution in [0, 0.1) is 0 Å². The minimum absolute atomic E-state index is 0.00358. The van der Waals surface area contributed by atoms with Gasteiger partial charge >= 0.3 is 0 Å². The topological polar surface area (TPSA) is 63.9 Å². The van der Waals surface area contributed by atoms with Crippen molar-refractivity contribution in [3.63, 3.8) is 0 Å². The Hall–Kier alpha value is -3.02. The van der Waals surface area contributed by atoms with Crippen molar-refractivity contribution in [2.24, 2.45) is 7.05 Å². The van der Waals surface area contributed by atoms with Gasteiger partial charge in [0.25, 0.3) is 5.91 Å². The SMILES string of the molecule is Cn1cnc(-c2ccc(C(=O)N(c3ccccn3)C3CCCC3)cc2)n1. The lowest BCUT2D eigenvalue weighted by Gasteiger charge is -2.28. The van der Waals surface area contributed by atoms with Gasteiger partial charge in [-0.15, -0.1) is 0 Å². The Bertz CT molecular complexity index is 882. The van der Waals surface area contributed by atoms with E-state index in [1.54, 1.807) is 17.2 Å². The Labute approximate surface area is 152 Å². The van der Waals surface area contributed by atoms with Crippen LogP contribution in [0.25, 0.3) is 11.4 Å². The van der Waals surface area contributed by atoms with Gasteiger partial charge in [0.15, 0.2) is 5.82 Å². The molecule has 132 valence electrons. The molecular weight excluding hydrogens is 326 g/mol. The molecule has 1 aliphatic rings. The number of rotatable bonds is 4. The average molecular weight is 347 g/mol. The lowest BCUT2D eigenvalue weighted by Crippen LogP contribution is -2.39. The summed E-state index contributed by atoms with van der Waals surface area (Å²) in [4.78, 5) is 23.8. The molecule has 0 aliphatic heterocycles. The first-order chi connectivity index (χ1) is 12.7. The lowest BCUT2D eigenvalue weighted by atomic mass is 10.1. The predicted octanol–water partition coefficient (Wildman–Crippen LogP) is 3.47. The fourth-order valence-electron chi connectivity index (χ4n) is 3.49.